The van der Waals surface area contributed by atoms with Crippen molar-refractivity contribution in [2.45, 2.75) is 16.8 Å². The van der Waals surface area contributed by atoms with Crippen LogP contribution in [-0.4, -0.2) is 27.6 Å². The Morgan fingerprint density at radius 1 is 1.38 bits per heavy atom. The summed E-state index contributed by atoms with van der Waals surface area (Å²) in [6.07, 6.45) is 0.660. The topological polar surface area (TPSA) is 0 Å². The molecule has 0 spiro atoms. The first kappa shape index (κ1) is 12.0. The van der Waals surface area contributed by atoms with Crippen LogP contribution in [0.1, 0.15) is 6.42 Å². The number of halogens is 4. The Hall–Kier alpha value is 0.970. The third kappa shape index (κ3) is 4.83. The van der Waals surface area contributed by atoms with Crippen LogP contribution < -0.4 is 0 Å². The van der Waals surface area contributed by atoms with Crippen molar-refractivity contribution in [2.24, 2.45) is 5.92 Å². The van der Waals surface area contributed by atoms with Gasteiger partial charge in [-0.3, -0.25) is 0 Å². The van der Waals surface area contributed by atoms with Gasteiger partial charge in [0.05, 0.1) is 0 Å². The van der Waals surface area contributed by atoms with Crippen molar-refractivity contribution in [3.8, 4) is 0 Å². The molecule has 78 valence electrons. The average Bonchev–Trinajstić information content (AvgIpc) is 2.34. The Bertz CT molecular complexity index is 162. The first-order valence-corrected chi connectivity index (χ1v) is 6.97. The molecule has 1 aliphatic rings. The van der Waals surface area contributed by atoms with Gasteiger partial charge in [-0.25, -0.2) is 0 Å². The minimum atomic E-state index is -4.06. The van der Waals surface area contributed by atoms with Gasteiger partial charge < -0.3 is 0 Å². The molecule has 2 atom stereocenters. The van der Waals surface area contributed by atoms with Gasteiger partial charge in [0.15, 0.2) is 0 Å². The molecule has 1 rings (SSSR count). The standard InChI is InChI=1S/C7H10BrF3S2/c8-6-4-12-3-5(6)1-2-13-7(9,10)11/h5-6H,1-4H2. The van der Waals surface area contributed by atoms with E-state index in [-0.39, 0.29) is 17.5 Å². The largest absolute Gasteiger partial charge is 0.441 e. The fourth-order valence-corrected chi connectivity index (χ4v) is 4.41. The van der Waals surface area contributed by atoms with Crippen LogP contribution >= 0.6 is 39.5 Å². The zero-order chi connectivity index (χ0) is 9.90. The molecule has 0 nitrogen and oxygen atoms in total. The van der Waals surface area contributed by atoms with E-state index in [1.165, 1.54) is 0 Å². The fourth-order valence-electron chi connectivity index (χ4n) is 1.16. The molecule has 1 aliphatic heterocycles. The lowest BCUT2D eigenvalue weighted by molar-refractivity contribution is -0.0328. The summed E-state index contributed by atoms with van der Waals surface area (Å²) in [6.45, 7) is 0. The maximum absolute atomic E-state index is 11.8. The van der Waals surface area contributed by atoms with Crippen LogP contribution in [0, 0.1) is 5.92 Å². The molecule has 1 saturated heterocycles. The number of rotatable bonds is 3. The summed E-state index contributed by atoms with van der Waals surface area (Å²) in [5, 5.41) is 0. The van der Waals surface area contributed by atoms with E-state index in [1.54, 1.807) is 0 Å². The molecular weight excluding hydrogens is 285 g/mol. The molecule has 1 heterocycles. The third-order valence-electron chi connectivity index (χ3n) is 1.87. The molecule has 0 N–H and O–H groups in total. The highest BCUT2D eigenvalue weighted by Crippen LogP contribution is 2.36. The fraction of sp³-hybridized carbons (Fsp3) is 1.00. The molecule has 0 amide bonds. The van der Waals surface area contributed by atoms with Gasteiger partial charge in [0.25, 0.3) is 0 Å². The second-order valence-electron chi connectivity index (χ2n) is 2.90. The first-order chi connectivity index (χ1) is 5.99. The zero-order valence-electron chi connectivity index (χ0n) is 6.81. The quantitative estimate of drug-likeness (QED) is 0.727. The summed E-state index contributed by atoms with van der Waals surface area (Å²) in [5.74, 6) is 2.63. The predicted octanol–water partition coefficient (Wildman–Crippen LogP) is 3.76. The maximum atomic E-state index is 11.8. The van der Waals surface area contributed by atoms with Crippen molar-refractivity contribution in [3.05, 3.63) is 0 Å². The van der Waals surface area contributed by atoms with Gasteiger partial charge in [-0.15, -0.1) is 0 Å². The van der Waals surface area contributed by atoms with Crippen molar-refractivity contribution in [1.82, 2.24) is 0 Å². The number of hydrogen-bond donors (Lipinski definition) is 0. The number of hydrogen-bond acceptors (Lipinski definition) is 2. The Morgan fingerprint density at radius 2 is 2.08 bits per heavy atom. The van der Waals surface area contributed by atoms with Crippen LogP contribution in [0.2, 0.25) is 0 Å². The number of alkyl halides is 4. The van der Waals surface area contributed by atoms with Crippen LogP contribution in [0.15, 0.2) is 0 Å². The molecule has 0 radical (unpaired) electrons. The van der Waals surface area contributed by atoms with Crippen LogP contribution in [0.25, 0.3) is 0 Å². The Kier molecular flexibility index (Phi) is 4.78. The van der Waals surface area contributed by atoms with E-state index in [0.717, 1.165) is 11.5 Å². The van der Waals surface area contributed by atoms with E-state index < -0.39 is 5.51 Å². The van der Waals surface area contributed by atoms with Crippen molar-refractivity contribution >= 4 is 39.5 Å². The van der Waals surface area contributed by atoms with Crippen LogP contribution in [0.3, 0.4) is 0 Å². The number of thioether (sulfide) groups is 2. The van der Waals surface area contributed by atoms with E-state index >= 15 is 0 Å². The van der Waals surface area contributed by atoms with Gasteiger partial charge in [0.1, 0.15) is 0 Å². The lowest BCUT2D eigenvalue weighted by Crippen LogP contribution is -2.13. The summed E-state index contributed by atoms with van der Waals surface area (Å²) in [7, 11) is 0. The van der Waals surface area contributed by atoms with Gasteiger partial charge >= 0.3 is 5.51 Å². The first-order valence-electron chi connectivity index (χ1n) is 3.91. The second kappa shape index (κ2) is 5.16. The summed E-state index contributed by atoms with van der Waals surface area (Å²) in [5.41, 5.74) is -4.06. The molecule has 0 saturated carbocycles. The summed E-state index contributed by atoms with van der Waals surface area (Å²) < 4.78 is 35.3. The molecule has 6 heteroatoms. The Morgan fingerprint density at radius 3 is 2.54 bits per heavy atom. The lowest BCUT2D eigenvalue weighted by Gasteiger charge is -2.12. The van der Waals surface area contributed by atoms with Gasteiger partial charge in [0.2, 0.25) is 0 Å². The van der Waals surface area contributed by atoms with E-state index in [9.17, 15) is 13.2 Å². The molecule has 0 aromatic carbocycles. The highest BCUT2D eigenvalue weighted by atomic mass is 79.9. The molecule has 0 aromatic rings. The van der Waals surface area contributed by atoms with Crippen molar-refractivity contribution < 1.29 is 13.2 Å². The molecular formula is C7H10BrF3S2. The summed E-state index contributed by atoms with van der Waals surface area (Å²) >= 11 is 5.38. The van der Waals surface area contributed by atoms with Crippen LogP contribution in [-0.2, 0) is 0 Å². The highest BCUT2D eigenvalue weighted by molar-refractivity contribution is 9.09. The van der Waals surface area contributed by atoms with Crippen molar-refractivity contribution in [3.63, 3.8) is 0 Å². The second-order valence-corrected chi connectivity index (χ2v) is 6.31. The van der Waals surface area contributed by atoms with E-state index in [1.807, 2.05) is 11.8 Å². The minimum absolute atomic E-state index is 0.0924. The molecule has 0 bridgehead atoms. The SMILES string of the molecule is FC(F)(F)SCCC1CSCC1Br. The predicted molar refractivity (Wildman–Crippen MR) is 56.7 cm³/mol. The molecule has 0 aliphatic carbocycles. The highest BCUT2D eigenvalue weighted by Gasteiger charge is 2.30. The maximum Gasteiger partial charge on any atom is 0.441 e. The van der Waals surface area contributed by atoms with E-state index in [2.05, 4.69) is 15.9 Å². The molecule has 13 heavy (non-hydrogen) atoms. The minimum Gasteiger partial charge on any atom is -0.161 e. The van der Waals surface area contributed by atoms with Crippen molar-refractivity contribution in [2.75, 3.05) is 17.3 Å². The molecule has 0 aromatic heterocycles. The Balaban J connectivity index is 2.12. The summed E-state index contributed by atoms with van der Waals surface area (Å²) in [6, 6.07) is 0. The van der Waals surface area contributed by atoms with Crippen LogP contribution in [0.5, 0.6) is 0 Å². The van der Waals surface area contributed by atoms with Crippen molar-refractivity contribution in [1.29, 1.82) is 0 Å². The average molecular weight is 295 g/mol. The monoisotopic (exact) mass is 294 g/mol. The van der Waals surface area contributed by atoms with Gasteiger partial charge in [0, 0.05) is 16.3 Å². The van der Waals surface area contributed by atoms with Gasteiger partial charge in [-0.05, 0) is 18.1 Å². The van der Waals surface area contributed by atoms with E-state index in [4.69, 9.17) is 0 Å². The van der Waals surface area contributed by atoms with Crippen LogP contribution in [0.4, 0.5) is 13.2 Å². The normalized spacial score (nSPS) is 29.5. The third-order valence-corrected chi connectivity index (χ3v) is 5.40. The van der Waals surface area contributed by atoms with Gasteiger partial charge in [-0.1, -0.05) is 27.7 Å². The molecule has 1 fully saturated rings. The smallest absolute Gasteiger partial charge is 0.161 e. The molecule has 2 unspecified atom stereocenters. The lowest BCUT2D eigenvalue weighted by atomic mass is 10.1. The van der Waals surface area contributed by atoms with Gasteiger partial charge in [-0.2, -0.15) is 24.9 Å². The van der Waals surface area contributed by atoms with E-state index in [0.29, 0.717) is 17.2 Å². The summed E-state index contributed by atoms with van der Waals surface area (Å²) in [4.78, 5) is 0.409. The zero-order valence-corrected chi connectivity index (χ0v) is 10.0. The Labute approximate surface area is 92.5 Å².